The van der Waals surface area contributed by atoms with Crippen molar-refractivity contribution in [1.29, 1.82) is 0 Å². The number of hydrogen-bond acceptors (Lipinski definition) is 5. The van der Waals surface area contributed by atoms with E-state index in [1.165, 1.54) is 12.8 Å². The molecule has 0 aromatic heterocycles. The molecule has 0 amide bonds. The molecule has 1 aliphatic carbocycles. The van der Waals surface area contributed by atoms with Gasteiger partial charge in [-0.2, -0.15) is 0 Å². The van der Waals surface area contributed by atoms with Crippen LogP contribution >= 0.6 is 0 Å². The minimum Gasteiger partial charge on any atom is -0.354 e. The first-order valence-corrected chi connectivity index (χ1v) is 8.00. The molecule has 2 fully saturated rings. The van der Waals surface area contributed by atoms with E-state index in [9.17, 15) is 0 Å². The topological polar surface area (TPSA) is 52.0 Å². The third-order valence-corrected chi connectivity index (χ3v) is 4.51. The van der Waals surface area contributed by atoms with Crippen LogP contribution in [-0.4, -0.2) is 56.2 Å². The molecule has 1 heterocycles. The zero-order valence-corrected chi connectivity index (χ0v) is 13.7. The first kappa shape index (κ1) is 16.2. The zero-order chi connectivity index (χ0) is 15.2. The van der Waals surface area contributed by atoms with Crippen molar-refractivity contribution in [2.24, 2.45) is 15.9 Å². The lowest BCUT2D eigenvalue weighted by Gasteiger charge is -2.33. The standard InChI is InChI=1S/C16H29N5/c1-12-9-15(10-12)20-11-19-14(3)13(2)16(17-4)21-7-5-18-6-8-21/h12,15,18,20H,4-11H2,1-3H3/b16-13+,19-14?. The van der Waals surface area contributed by atoms with Crippen LogP contribution in [0.1, 0.15) is 33.6 Å². The fraction of sp³-hybridized carbons (Fsp3) is 0.750. The van der Waals surface area contributed by atoms with Crippen molar-refractivity contribution in [1.82, 2.24) is 15.5 Å². The highest BCUT2D eigenvalue weighted by Gasteiger charge is 2.24. The van der Waals surface area contributed by atoms with E-state index in [0.29, 0.717) is 12.7 Å². The average Bonchev–Trinajstić information content (AvgIpc) is 2.47. The van der Waals surface area contributed by atoms with Gasteiger partial charge in [0.15, 0.2) is 0 Å². The minimum atomic E-state index is 0.658. The van der Waals surface area contributed by atoms with E-state index in [2.05, 4.69) is 53.0 Å². The highest BCUT2D eigenvalue weighted by atomic mass is 15.3. The van der Waals surface area contributed by atoms with Crippen molar-refractivity contribution in [3.8, 4) is 0 Å². The summed E-state index contributed by atoms with van der Waals surface area (Å²) in [5.41, 5.74) is 2.19. The van der Waals surface area contributed by atoms with Gasteiger partial charge in [-0.25, -0.2) is 4.99 Å². The molecule has 5 heteroatoms. The maximum Gasteiger partial charge on any atom is 0.132 e. The number of nitrogens with one attached hydrogen (secondary N) is 2. The van der Waals surface area contributed by atoms with Crippen molar-refractivity contribution in [3.63, 3.8) is 0 Å². The predicted molar refractivity (Wildman–Crippen MR) is 90.0 cm³/mol. The third kappa shape index (κ3) is 4.38. The van der Waals surface area contributed by atoms with Crippen LogP contribution in [-0.2, 0) is 0 Å². The Morgan fingerprint density at radius 2 is 1.95 bits per heavy atom. The lowest BCUT2D eigenvalue weighted by molar-refractivity contribution is 0.244. The second-order valence-electron chi connectivity index (χ2n) is 6.22. The van der Waals surface area contributed by atoms with Gasteiger partial charge < -0.3 is 10.2 Å². The van der Waals surface area contributed by atoms with Crippen LogP contribution in [0.15, 0.2) is 21.4 Å². The fourth-order valence-electron chi connectivity index (χ4n) is 2.98. The van der Waals surface area contributed by atoms with Gasteiger partial charge in [0.25, 0.3) is 0 Å². The van der Waals surface area contributed by atoms with E-state index < -0.39 is 0 Å². The second-order valence-corrected chi connectivity index (χ2v) is 6.22. The van der Waals surface area contributed by atoms with E-state index in [1.807, 2.05) is 0 Å². The van der Waals surface area contributed by atoms with Crippen LogP contribution in [0.5, 0.6) is 0 Å². The predicted octanol–water partition coefficient (Wildman–Crippen LogP) is 1.63. The van der Waals surface area contributed by atoms with Gasteiger partial charge in [-0.15, -0.1) is 0 Å². The van der Waals surface area contributed by atoms with Gasteiger partial charge in [0.2, 0.25) is 0 Å². The van der Waals surface area contributed by atoms with E-state index in [0.717, 1.165) is 49.2 Å². The Bertz CT molecular complexity index is 414. The number of allylic oxidation sites excluding steroid dienone is 1. The Morgan fingerprint density at radius 3 is 2.52 bits per heavy atom. The summed E-state index contributed by atoms with van der Waals surface area (Å²) >= 11 is 0. The first-order chi connectivity index (χ1) is 10.1. The monoisotopic (exact) mass is 291 g/mol. The van der Waals surface area contributed by atoms with E-state index in [4.69, 9.17) is 0 Å². The van der Waals surface area contributed by atoms with Gasteiger partial charge in [-0.3, -0.25) is 10.3 Å². The number of rotatable bonds is 6. The lowest BCUT2D eigenvalue weighted by Crippen LogP contribution is -2.43. The Hall–Kier alpha value is -1.20. The van der Waals surface area contributed by atoms with E-state index in [-0.39, 0.29) is 0 Å². The van der Waals surface area contributed by atoms with Crippen LogP contribution in [0.4, 0.5) is 0 Å². The number of piperazine rings is 1. The van der Waals surface area contributed by atoms with E-state index >= 15 is 0 Å². The summed E-state index contributed by atoms with van der Waals surface area (Å²) in [6.07, 6.45) is 2.56. The van der Waals surface area contributed by atoms with Crippen molar-refractivity contribution < 1.29 is 0 Å². The van der Waals surface area contributed by atoms with E-state index in [1.54, 1.807) is 0 Å². The summed E-state index contributed by atoms with van der Waals surface area (Å²) in [4.78, 5) is 11.2. The van der Waals surface area contributed by atoms with Crippen molar-refractivity contribution in [2.75, 3.05) is 32.8 Å². The molecule has 21 heavy (non-hydrogen) atoms. The van der Waals surface area contributed by atoms with Crippen LogP contribution in [0, 0.1) is 5.92 Å². The smallest absolute Gasteiger partial charge is 0.132 e. The van der Waals surface area contributed by atoms with Gasteiger partial charge in [0.05, 0.1) is 6.67 Å². The summed E-state index contributed by atoms with van der Waals surface area (Å²) in [5, 5.41) is 6.85. The SMILES string of the molecule is C=N/C(=C(/C)C(C)=NCNC1CC(C)C1)N1CCNCC1. The third-order valence-electron chi connectivity index (χ3n) is 4.51. The second kappa shape index (κ2) is 7.71. The van der Waals surface area contributed by atoms with Crippen LogP contribution in [0.3, 0.4) is 0 Å². The first-order valence-electron chi connectivity index (χ1n) is 8.00. The molecule has 0 atom stereocenters. The quantitative estimate of drug-likeness (QED) is 0.731. The molecule has 2 N–H and O–H groups in total. The number of aliphatic imine (C=N–C) groups is 2. The summed E-state index contributed by atoms with van der Waals surface area (Å²) in [6.45, 7) is 14.9. The molecule has 5 nitrogen and oxygen atoms in total. The number of nitrogens with zero attached hydrogens (tertiary/aromatic N) is 3. The van der Waals surface area contributed by atoms with Gasteiger partial charge in [-0.05, 0) is 39.3 Å². The Morgan fingerprint density at radius 1 is 1.29 bits per heavy atom. The molecule has 1 aliphatic heterocycles. The highest BCUT2D eigenvalue weighted by Crippen LogP contribution is 2.25. The molecule has 2 rings (SSSR count). The summed E-state index contributed by atoms with van der Waals surface area (Å²) in [6, 6.07) is 0.658. The van der Waals surface area contributed by atoms with Crippen LogP contribution in [0.25, 0.3) is 0 Å². The Labute approximate surface area is 128 Å². The summed E-state index contributed by atoms with van der Waals surface area (Å²) < 4.78 is 0. The average molecular weight is 291 g/mol. The fourth-order valence-corrected chi connectivity index (χ4v) is 2.98. The normalized spacial score (nSPS) is 28.0. The molecule has 0 spiro atoms. The van der Waals surface area contributed by atoms with Gasteiger partial charge in [0.1, 0.15) is 5.82 Å². The zero-order valence-electron chi connectivity index (χ0n) is 13.7. The largest absolute Gasteiger partial charge is 0.354 e. The van der Waals surface area contributed by atoms with Crippen molar-refractivity contribution in [2.45, 2.75) is 39.7 Å². The maximum absolute atomic E-state index is 4.65. The molecule has 2 aliphatic rings. The van der Waals surface area contributed by atoms with Crippen LogP contribution in [0.2, 0.25) is 0 Å². The van der Waals surface area contributed by atoms with Crippen LogP contribution < -0.4 is 10.6 Å². The highest BCUT2D eigenvalue weighted by molar-refractivity contribution is 5.98. The molecular formula is C16H29N5. The summed E-state index contributed by atoms with van der Waals surface area (Å²) in [7, 11) is 0. The number of hydrogen-bond donors (Lipinski definition) is 2. The maximum atomic E-state index is 4.65. The summed E-state index contributed by atoms with van der Waals surface area (Å²) in [5.74, 6) is 1.86. The minimum absolute atomic E-state index is 0.658. The van der Waals surface area contributed by atoms with Crippen molar-refractivity contribution in [3.05, 3.63) is 11.4 Å². The van der Waals surface area contributed by atoms with Gasteiger partial charge >= 0.3 is 0 Å². The molecule has 1 saturated heterocycles. The molecule has 0 unspecified atom stereocenters. The van der Waals surface area contributed by atoms with Gasteiger partial charge in [-0.1, -0.05) is 6.92 Å². The Kier molecular flexibility index (Phi) is 5.94. The molecule has 1 saturated carbocycles. The molecule has 0 aromatic carbocycles. The molecule has 0 radical (unpaired) electrons. The van der Waals surface area contributed by atoms with Crippen molar-refractivity contribution >= 4 is 12.4 Å². The molecule has 118 valence electrons. The van der Waals surface area contributed by atoms with Gasteiger partial charge in [0, 0.05) is 43.5 Å². The lowest BCUT2D eigenvalue weighted by atomic mass is 9.82. The Balaban J connectivity index is 1.92. The molecule has 0 aromatic rings. The molecule has 0 bridgehead atoms. The molecular weight excluding hydrogens is 262 g/mol.